The molecule has 76 valence electrons. The fourth-order valence-corrected chi connectivity index (χ4v) is 2.59. The first kappa shape index (κ1) is 9.47. The highest BCUT2D eigenvalue weighted by molar-refractivity contribution is 4.87. The minimum Gasteiger partial charge on any atom is -0.330 e. The molecule has 0 bridgehead atoms. The summed E-state index contributed by atoms with van der Waals surface area (Å²) < 4.78 is 0. The Labute approximate surface area is 81.3 Å². The van der Waals surface area contributed by atoms with E-state index in [2.05, 4.69) is 5.32 Å². The van der Waals surface area contributed by atoms with Gasteiger partial charge in [0.15, 0.2) is 0 Å². The van der Waals surface area contributed by atoms with Crippen LogP contribution in [-0.2, 0) is 0 Å². The Morgan fingerprint density at radius 2 is 1.77 bits per heavy atom. The van der Waals surface area contributed by atoms with Crippen LogP contribution >= 0.6 is 0 Å². The van der Waals surface area contributed by atoms with E-state index in [4.69, 9.17) is 5.73 Å². The van der Waals surface area contributed by atoms with Crippen molar-refractivity contribution in [2.45, 2.75) is 57.0 Å². The van der Waals surface area contributed by atoms with Crippen LogP contribution in [0.25, 0.3) is 0 Å². The van der Waals surface area contributed by atoms with Gasteiger partial charge in [-0.05, 0) is 38.1 Å². The molecule has 0 aromatic rings. The second-order valence-electron chi connectivity index (χ2n) is 4.68. The molecule has 3 N–H and O–H groups in total. The van der Waals surface area contributed by atoms with Crippen LogP contribution < -0.4 is 11.1 Å². The topological polar surface area (TPSA) is 38.0 Å². The van der Waals surface area contributed by atoms with Crippen molar-refractivity contribution in [2.75, 3.05) is 6.54 Å². The highest BCUT2D eigenvalue weighted by Gasteiger charge is 2.27. The maximum Gasteiger partial charge on any atom is 0.0110 e. The van der Waals surface area contributed by atoms with Gasteiger partial charge in [0.1, 0.15) is 0 Å². The zero-order valence-corrected chi connectivity index (χ0v) is 8.47. The van der Waals surface area contributed by atoms with Gasteiger partial charge >= 0.3 is 0 Å². The largest absolute Gasteiger partial charge is 0.330 e. The van der Waals surface area contributed by atoms with Gasteiger partial charge in [0.2, 0.25) is 0 Å². The summed E-state index contributed by atoms with van der Waals surface area (Å²) in [6, 6.07) is 1.57. The van der Waals surface area contributed by atoms with Crippen LogP contribution in [0.15, 0.2) is 0 Å². The molecule has 13 heavy (non-hydrogen) atoms. The number of hydrogen-bond donors (Lipinski definition) is 2. The van der Waals surface area contributed by atoms with E-state index in [1.165, 1.54) is 44.9 Å². The average Bonchev–Trinajstić information content (AvgIpc) is 2.12. The van der Waals surface area contributed by atoms with Crippen LogP contribution in [-0.4, -0.2) is 18.6 Å². The van der Waals surface area contributed by atoms with E-state index < -0.39 is 0 Å². The Morgan fingerprint density at radius 3 is 2.38 bits per heavy atom. The van der Waals surface area contributed by atoms with E-state index in [9.17, 15) is 0 Å². The molecule has 0 spiro atoms. The van der Waals surface area contributed by atoms with E-state index >= 15 is 0 Å². The summed E-state index contributed by atoms with van der Waals surface area (Å²) in [6.07, 6.45) is 9.73. The van der Waals surface area contributed by atoms with Crippen molar-refractivity contribution in [3.05, 3.63) is 0 Å². The van der Waals surface area contributed by atoms with Gasteiger partial charge < -0.3 is 11.1 Å². The van der Waals surface area contributed by atoms with Crippen LogP contribution in [0.4, 0.5) is 0 Å². The third-order valence-electron chi connectivity index (χ3n) is 3.77. The lowest BCUT2D eigenvalue weighted by atomic mass is 9.82. The molecule has 2 nitrogen and oxygen atoms in total. The summed E-state index contributed by atoms with van der Waals surface area (Å²) >= 11 is 0. The Hall–Kier alpha value is -0.0800. The molecule has 0 heterocycles. The average molecular weight is 182 g/mol. The zero-order chi connectivity index (χ0) is 9.10. The second-order valence-corrected chi connectivity index (χ2v) is 4.68. The van der Waals surface area contributed by atoms with Gasteiger partial charge in [-0.2, -0.15) is 0 Å². The van der Waals surface area contributed by atoms with Crippen LogP contribution in [0.1, 0.15) is 44.9 Å². The van der Waals surface area contributed by atoms with Crippen molar-refractivity contribution < 1.29 is 0 Å². The first-order valence-electron chi connectivity index (χ1n) is 5.86. The number of rotatable bonds is 3. The molecule has 0 radical (unpaired) electrons. The van der Waals surface area contributed by atoms with Gasteiger partial charge in [0.05, 0.1) is 0 Å². The molecule has 2 heteroatoms. The molecule has 2 fully saturated rings. The van der Waals surface area contributed by atoms with Crippen molar-refractivity contribution in [3.63, 3.8) is 0 Å². The minimum absolute atomic E-state index is 0.740. The summed E-state index contributed by atoms with van der Waals surface area (Å²) in [5.41, 5.74) is 5.79. The maximum atomic E-state index is 5.79. The van der Waals surface area contributed by atoms with Crippen molar-refractivity contribution in [3.8, 4) is 0 Å². The molecule has 0 amide bonds. The maximum absolute atomic E-state index is 5.79. The second kappa shape index (κ2) is 4.43. The zero-order valence-electron chi connectivity index (χ0n) is 8.47. The fraction of sp³-hybridized carbons (Fsp3) is 1.00. The first-order chi connectivity index (χ1) is 6.40. The van der Waals surface area contributed by atoms with Gasteiger partial charge in [-0.1, -0.05) is 19.3 Å². The molecule has 2 atom stereocenters. The molecule has 2 rings (SSSR count). The molecule has 2 aliphatic rings. The first-order valence-corrected chi connectivity index (χ1v) is 5.86. The normalized spacial score (nSPS) is 35.8. The summed E-state index contributed by atoms with van der Waals surface area (Å²) in [4.78, 5) is 0. The predicted molar refractivity (Wildman–Crippen MR) is 55.6 cm³/mol. The highest BCUT2D eigenvalue weighted by atomic mass is 15.0. The van der Waals surface area contributed by atoms with E-state index in [0.29, 0.717) is 0 Å². The fourth-order valence-electron chi connectivity index (χ4n) is 2.59. The van der Waals surface area contributed by atoms with E-state index in [0.717, 1.165) is 24.5 Å². The molecule has 2 saturated carbocycles. The molecular weight excluding hydrogens is 160 g/mol. The Morgan fingerprint density at radius 1 is 1.00 bits per heavy atom. The quantitative estimate of drug-likeness (QED) is 0.696. The van der Waals surface area contributed by atoms with Crippen molar-refractivity contribution in [1.82, 2.24) is 5.32 Å². The lowest BCUT2D eigenvalue weighted by molar-refractivity contribution is 0.211. The predicted octanol–water partition coefficient (Wildman–Crippen LogP) is 1.65. The third kappa shape index (κ3) is 2.23. The summed E-state index contributed by atoms with van der Waals surface area (Å²) in [5, 5.41) is 3.78. The van der Waals surface area contributed by atoms with Gasteiger partial charge in [0, 0.05) is 12.1 Å². The van der Waals surface area contributed by atoms with Crippen molar-refractivity contribution in [1.29, 1.82) is 0 Å². The van der Waals surface area contributed by atoms with Crippen molar-refractivity contribution in [2.24, 2.45) is 11.7 Å². The molecule has 2 unspecified atom stereocenters. The van der Waals surface area contributed by atoms with E-state index in [-0.39, 0.29) is 0 Å². The third-order valence-corrected chi connectivity index (χ3v) is 3.77. The molecular formula is C11H22N2. The van der Waals surface area contributed by atoms with Crippen LogP contribution in [0.5, 0.6) is 0 Å². The number of nitrogens with one attached hydrogen (secondary N) is 1. The summed E-state index contributed by atoms with van der Waals surface area (Å²) in [5.74, 6) is 0.759. The minimum atomic E-state index is 0.740. The number of hydrogen-bond acceptors (Lipinski definition) is 2. The molecule has 2 aliphatic carbocycles. The van der Waals surface area contributed by atoms with Crippen LogP contribution in [0.3, 0.4) is 0 Å². The van der Waals surface area contributed by atoms with E-state index in [1.807, 2.05) is 0 Å². The molecule has 0 aliphatic heterocycles. The Balaban J connectivity index is 1.79. The monoisotopic (exact) mass is 182 g/mol. The summed E-state index contributed by atoms with van der Waals surface area (Å²) in [6.45, 7) is 0.879. The molecule has 0 aromatic heterocycles. The van der Waals surface area contributed by atoms with Gasteiger partial charge in [0.25, 0.3) is 0 Å². The SMILES string of the molecule is NCC1CCCCC1NC1CCC1. The Kier molecular flexibility index (Phi) is 3.23. The lowest BCUT2D eigenvalue weighted by Gasteiger charge is -2.37. The van der Waals surface area contributed by atoms with Crippen LogP contribution in [0, 0.1) is 5.92 Å². The van der Waals surface area contributed by atoms with Gasteiger partial charge in [-0.25, -0.2) is 0 Å². The van der Waals surface area contributed by atoms with Crippen LogP contribution in [0.2, 0.25) is 0 Å². The number of nitrogens with two attached hydrogens (primary N) is 1. The lowest BCUT2D eigenvalue weighted by Crippen LogP contribution is -2.48. The standard InChI is InChI=1S/C11H22N2/c12-8-9-4-1-2-7-11(9)13-10-5-3-6-10/h9-11,13H,1-8,12H2. The Bertz CT molecular complexity index is 154. The highest BCUT2D eigenvalue weighted by Crippen LogP contribution is 2.27. The molecule has 0 aromatic carbocycles. The molecule has 0 saturated heterocycles. The van der Waals surface area contributed by atoms with Crippen molar-refractivity contribution >= 4 is 0 Å². The van der Waals surface area contributed by atoms with E-state index in [1.54, 1.807) is 0 Å². The van der Waals surface area contributed by atoms with Gasteiger partial charge in [-0.15, -0.1) is 0 Å². The summed E-state index contributed by atoms with van der Waals surface area (Å²) in [7, 11) is 0. The van der Waals surface area contributed by atoms with Gasteiger partial charge in [-0.3, -0.25) is 0 Å². The smallest absolute Gasteiger partial charge is 0.0110 e.